The van der Waals surface area contributed by atoms with Crippen LogP contribution in [0.25, 0.3) is 11.3 Å². The maximum Gasteiger partial charge on any atom is 0.232 e. The molecule has 1 amide bonds. The molecule has 1 aromatic heterocycles. The number of carbonyl (C=O) groups is 1. The van der Waals surface area contributed by atoms with E-state index in [0.717, 1.165) is 24.0 Å². The third-order valence-corrected chi connectivity index (χ3v) is 5.14. The van der Waals surface area contributed by atoms with E-state index in [-0.39, 0.29) is 5.91 Å². The fraction of sp³-hybridized carbons (Fsp3) is 0.238. The van der Waals surface area contributed by atoms with Gasteiger partial charge in [0.05, 0.1) is 11.1 Å². The summed E-state index contributed by atoms with van der Waals surface area (Å²) >= 11 is 5.92. The normalized spacial score (nSPS) is 14.8. The van der Waals surface area contributed by atoms with Gasteiger partial charge < -0.3 is 9.84 Å². The number of hydrogen-bond donors (Lipinski definition) is 1. The van der Waals surface area contributed by atoms with Crippen molar-refractivity contribution in [1.82, 2.24) is 10.5 Å². The summed E-state index contributed by atoms with van der Waals surface area (Å²) in [5, 5.41) is 7.88. The van der Waals surface area contributed by atoms with Crippen molar-refractivity contribution >= 4 is 17.5 Å². The summed E-state index contributed by atoms with van der Waals surface area (Å²) < 4.78 is 5.47. The Bertz CT molecular complexity index is 925. The van der Waals surface area contributed by atoms with Crippen molar-refractivity contribution in [3.63, 3.8) is 0 Å². The molecule has 26 heavy (non-hydrogen) atoms. The Balaban J connectivity index is 1.47. The molecule has 4 rings (SSSR count). The molecule has 0 unspecified atom stereocenters. The van der Waals surface area contributed by atoms with Crippen molar-refractivity contribution in [2.75, 3.05) is 0 Å². The molecule has 0 aliphatic heterocycles. The highest BCUT2D eigenvalue weighted by atomic mass is 35.5. The number of carbonyl (C=O) groups excluding carboxylic acids is 1. The van der Waals surface area contributed by atoms with Crippen LogP contribution in [-0.4, -0.2) is 11.1 Å². The fourth-order valence-corrected chi connectivity index (χ4v) is 3.16. The fourth-order valence-electron chi connectivity index (χ4n) is 3.03. The lowest BCUT2D eigenvalue weighted by atomic mass is 10.00. The van der Waals surface area contributed by atoms with Crippen LogP contribution in [0.5, 0.6) is 0 Å². The van der Waals surface area contributed by atoms with Crippen LogP contribution in [0.15, 0.2) is 59.1 Å². The van der Waals surface area contributed by atoms with Crippen LogP contribution >= 0.6 is 11.6 Å². The van der Waals surface area contributed by atoms with Gasteiger partial charge in [-0.05, 0) is 49.6 Å². The largest absolute Gasteiger partial charge is 0.356 e. The summed E-state index contributed by atoms with van der Waals surface area (Å²) in [6, 6.07) is 17.4. The summed E-state index contributed by atoms with van der Waals surface area (Å²) in [7, 11) is 0. The highest BCUT2D eigenvalue weighted by molar-refractivity contribution is 6.30. The molecule has 1 fully saturated rings. The quantitative estimate of drug-likeness (QED) is 0.715. The monoisotopic (exact) mass is 366 g/mol. The molecule has 0 saturated heterocycles. The lowest BCUT2D eigenvalue weighted by molar-refractivity contribution is -0.123. The van der Waals surface area contributed by atoms with Gasteiger partial charge in [0.2, 0.25) is 5.91 Å². The molecular weight excluding hydrogens is 348 g/mol. The van der Waals surface area contributed by atoms with Gasteiger partial charge >= 0.3 is 0 Å². The molecule has 2 aromatic carbocycles. The van der Waals surface area contributed by atoms with Crippen molar-refractivity contribution in [1.29, 1.82) is 0 Å². The maximum atomic E-state index is 12.7. The predicted molar refractivity (Wildman–Crippen MR) is 101 cm³/mol. The van der Waals surface area contributed by atoms with Crippen LogP contribution in [0.2, 0.25) is 5.02 Å². The van der Waals surface area contributed by atoms with E-state index in [4.69, 9.17) is 16.1 Å². The minimum atomic E-state index is -0.557. The molecule has 1 N–H and O–H groups in total. The van der Waals surface area contributed by atoms with Gasteiger partial charge in [0.15, 0.2) is 5.76 Å². The molecular formula is C21H19ClN2O2. The number of aryl methyl sites for hydroxylation is 1. The smallest absolute Gasteiger partial charge is 0.232 e. The zero-order valence-corrected chi connectivity index (χ0v) is 15.2. The number of benzene rings is 2. The van der Waals surface area contributed by atoms with Crippen LogP contribution in [-0.2, 0) is 16.8 Å². The summed E-state index contributed by atoms with van der Waals surface area (Å²) in [4.78, 5) is 12.7. The minimum Gasteiger partial charge on any atom is -0.356 e. The number of aromatic nitrogens is 1. The minimum absolute atomic E-state index is 0.00836. The molecule has 132 valence electrons. The van der Waals surface area contributed by atoms with Gasteiger partial charge in [0, 0.05) is 23.2 Å². The van der Waals surface area contributed by atoms with Gasteiger partial charge in [0.25, 0.3) is 0 Å². The Morgan fingerprint density at radius 1 is 1.15 bits per heavy atom. The van der Waals surface area contributed by atoms with Crippen LogP contribution in [0.1, 0.15) is 29.7 Å². The number of amides is 1. The van der Waals surface area contributed by atoms with E-state index in [1.165, 1.54) is 5.56 Å². The molecule has 1 heterocycles. The first-order valence-corrected chi connectivity index (χ1v) is 9.02. The molecule has 0 spiro atoms. The van der Waals surface area contributed by atoms with Gasteiger partial charge in [-0.3, -0.25) is 4.79 Å². The highest BCUT2D eigenvalue weighted by Gasteiger charge is 2.53. The highest BCUT2D eigenvalue weighted by Crippen LogP contribution is 2.48. The molecule has 5 heteroatoms. The average Bonchev–Trinajstić information content (AvgIpc) is 3.32. The Kier molecular flexibility index (Phi) is 4.29. The van der Waals surface area contributed by atoms with Crippen molar-refractivity contribution < 1.29 is 9.32 Å². The van der Waals surface area contributed by atoms with Gasteiger partial charge in [-0.25, -0.2) is 0 Å². The zero-order chi connectivity index (χ0) is 18.1. The predicted octanol–water partition coefficient (Wildman–Crippen LogP) is 4.65. The molecule has 1 aliphatic carbocycles. The summed E-state index contributed by atoms with van der Waals surface area (Å²) in [6.07, 6.45) is 1.58. The summed E-state index contributed by atoms with van der Waals surface area (Å²) in [5.41, 5.74) is 3.32. The molecule has 0 radical (unpaired) electrons. The number of rotatable bonds is 5. The van der Waals surface area contributed by atoms with E-state index in [2.05, 4.69) is 10.5 Å². The standard InChI is InChI=1S/C21H19ClN2O2/c1-14-2-4-15(5-3-14)13-23-20(25)21(10-11-21)19-12-18(26-24-19)16-6-8-17(22)9-7-16/h2-9,12H,10-11,13H2,1H3,(H,23,25). The van der Waals surface area contributed by atoms with Crippen molar-refractivity contribution in [2.24, 2.45) is 0 Å². The van der Waals surface area contributed by atoms with E-state index < -0.39 is 5.41 Å². The van der Waals surface area contributed by atoms with Crippen LogP contribution in [0, 0.1) is 6.92 Å². The van der Waals surface area contributed by atoms with Gasteiger partial charge in [0.1, 0.15) is 0 Å². The van der Waals surface area contributed by atoms with Gasteiger partial charge in [-0.2, -0.15) is 0 Å². The second kappa shape index (κ2) is 6.61. The molecule has 0 bridgehead atoms. The lowest BCUT2D eigenvalue weighted by Gasteiger charge is -2.12. The Morgan fingerprint density at radius 2 is 1.85 bits per heavy atom. The van der Waals surface area contributed by atoms with E-state index >= 15 is 0 Å². The van der Waals surface area contributed by atoms with Crippen LogP contribution in [0.3, 0.4) is 0 Å². The van der Waals surface area contributed by atoms with Gasteiger partial charge in [-0.15, -0.1) is 0 Å². The number of nitrogens with one attached hydrogen (secondary N) is 1. The summed E-state index contributed by atoms with van der Waals surface area (Å²) in [6.45, 7) is 2.56. The van der Waals surface area contributed by atoms with Gasteiger partial charge in [-0.1, -0.05) is 46.6 Å². The van der Waals surface area contributed by atoms with E-state index in [1.54, 1.807) is 12.1 Å². The Morgan fingerprint density at radius 3 is 2.50 bits per heavy atom. The summed E-state index contributed by atoms with van der Waals surface area (Å²) in [5.74, 6) is 0.656. The number of hydrogen-bond acceptors (Lipinski definition) is 3. The third kappa shape index (κ3) is 3.25. The van der Waals surface area contributed by atoms with Crippen molar-refractivity contribution in [2.45, 2.75) is 31.7 Å². The molecule has 1 aliphatic rings. The molecule has 1 saturated carbocycles. The first-order valence-electron chi connectivity index (χ1n) is 8.64. The van der Waals surface area contributed by atoms with Crippen molar-refractivity contribution in [3.8, 4) is 11.3 Å². The van der Waals surface area contributed by atoms with Crippen molar-refractivity contribution in [3.05, 3.63) is 76.4 Å². The van der Waals surface area contributed by atoms with Crippen LogP contribution in [0.4, 0.5) is 0 Å². The SMILES string of the molecule is Cc1ccc(CNC(=O)C2(c3cc(-c4ccc(Cl)cc4)on3)CC2)cc1. The Labute approximate surface area is 157 Å². The third-order valence-electron chi connectivity index (χ3n) is 4.89. The second-order valence-corrected chi connectivity index (χ2v) is 7.27. The van der Waals surface area contributed by atoms with E-state index in [0.29, 0.717) is 23.0 Å². The van der Waals surface area contributed by atoms with Crippen LogP contribution < -0.4 is 5.32 Å². The zero-order valence-electron chi connectivity index (χ0n) is 14.5. The average molecular weight is 367 g/mol. The first-order chi connectivity index (χ1) is 12.6. The molecule has 3 aromatic rings. The first kappa shape index (κ1) is 16.9. The Hall–Kier alpha value is -2.59. The molecule has 0 atom stereocenters. The lowest BCUT2D eigenvalue weighted by Crippen LogP contribution is -2.34. The van der Waals surface area contributed by atoms with E-state index in [9.17, 15) is 4.79 Å². The van der Waals surface area contributed by atoms with E-state index in [1.807, 2.05) is 49.4 Å². The second-order valence-electron chi connectivity index (χ2n) is 6.83. The number of nitrogens with zero attached hydrogens (tertiary/aromatic N) is 1. The topological polar surface area (TPSA) is 55.1 Å². The maximum absolute atomic E-state index is 12.7. The number of halogens is 1. The molecule has 4 nitrogen and oxygen atoms in total.